The molecule has 2 aromatic carbocycles. The number of aromatic nitrogens is 2. The number of benzene rings is 2. The first-order valence-electron chi connectivity index (χ1n) is 11.0. The fourth-order valence-electron chi connectivity index (χ4n) is 3.02. The lowest BCUT2D eigenvalue weighted by atomic mass is 10.1. The molecule has 1 heterocycles. The second-order valence-corrected chi connectivity index (χ2v) is 7.39. The van der Waals surface area contributed by atoms with Crippen molar-refractivity contribution in [2.24, 2.45) is 0 Å². The number of nitrogens with zero attached hydrogens (tertiary/aromatic N) is 2. The van der Waals surface area contributed by atoms with Gasteiger partial charge in [-0.1, -0.05) is 0 Å². The molecule has 0 aliphatic rings. The molecule has 0 saturated carbocycles. The van der Waals surface area contributed by atoms with Crippen molar-refractivity contribution in [3.8, 4) is 17.2 Å². The molecule has 0 bridgehead atoms. The summed E-state index contributed by atoms with van der Waals surface area (Å²) in [7, 11) is 3.17. The number of hydrogen-bond donors (Lipinski definition) is 2. The predicted molar refractivity (Wildman–Crippen MR) is 123 cm³/mol. The molecule has 0 aliphatic heterocycles. The van der Waals surface area contributed by atoms with Gasteiger partial charge in [0, 0.05) is 17.7 Å². The van der Waals surface area contributed by atoms with Crippen molar-refractivity contribution in [2.75, 3.05) is 45.8 Å². The molecule has 0 saturated heterocycles. The van der Waals surface area contributed by atoms with Crippen molar-refractivity contribution in [3.05, 3.63) is 71.8 Å². The number of hydrogen-bond acceptors (Lipinski definition) is 7. The van der Waals surface area contributed by atoms with Gasteiger partial charge in [0.05, 0.1) is 24.5 Å². The fraction of sp³-hybridized carbons (Fsp3) is 0.292. The summed E-state index contributed by atoms with van der Waals surface area (Å²) in [6.07, 6.45) is -2.50. The number of nitrogens with one attached hydrogen (secondary N) is 2. The van der Waals surface area contributed by atoms with Gasteiger partial charge in [0.2, 0.25) is 0 Å². The van der Waals surface area contributed by atoms with Crippen LogP contribution in [0.25, 0.3) is 0 Å². The molecule has 0 radical (unpaired) electrons. The summed E-state index contributed by atoms with van der Waals surface area (Å²) in [5.74, 6) is -2.70. The number of anilines is 1. The van der Waals surface area contributed by atoms with E-state index in [1.54, 1.807) is 12.1 Å². The van der Waals surface area contributed by atoms with Gasteiger partial charge < -0.3 is 24.8 Å². The Morgan fingerprint density at radius 2 is 1.76 bits per heavy atom. The Bertz CT molecular complexity index is 1180. The Morgan fingerprint density at radius 3 is 2.38 bits per heavy atom. The van der Waals surface area contributed by atoms with Crippen LogP contribution in [0.4, 0.5) is 23.2 Å². The molecule has 0 fully saturated rings. The molecule has 13 heteroatoms. The third-order valence-corrected chi connectivity index (χ3v) is 4.82. The standard InChI is InChI=1S/C24H24F4N4O5/c1-29-10-12-35-13-14-36-17-3-5-18(6-4-17)37-20-8-7-19(24(26,27)28)22(25)21(20)23(33)31-16-9-11-32(34-2)30-15-16/h3-9,11,15,29H,10,12-14H2,1-2H3/p+1. The van der Waals surface area contributed by atoms with Gasteiger partial charge in [-0.3, -0.25) is 4.79 Å². The van der Waals surface area contributed by atoms with Gasteiger partial charge in [0.25, 0.3) is 12.1 Å². The number of likely N-dealkylation sites (N-methyl/N-ethyl adjacent to an activating group) is 1. The van der Waals surface area contributed by atoms with Gasteiger partial charge in [0.15, 0.2) is 12.9 Å². The minimum atomic E-state index is -5.02. The summed E-state index contributed by atoms with van der Waals surface area (Å²) in [6, 6.07) is 8.82. The maximum absolute atomic E-state index is 15.0. The minimum Gasteiger partial charge on any atom is -0.491 e. The smallest absolute Gasteiger partial charge is 0.419 e. The first-order valence-corrected chi connectivity index (χ1v) is 11.0. The first kappa shape index (κ1) is 27.6. The number of carbonyl (C=O) groups is 1. The fourth-order valence-corrected chi connectivity index (χ4v) is 3.02. The highest BCUT2D eigenvalue weighted by Gasteiger charge is 2.37. The van der Waals surface area contributed by atoms with E-state index in [9.17, 15) is 22.4 Å². The van der Waals surface area contributed by atoms with Gasteiger partial charge in [-0.05, 0) is 43.4 Å². The number of alkyl halides is 3. The first-order chi connectivity index (χ1) is 17.7. The molecular weight excluding hydrogens is 500 g/mol. The molecule has 9 nitrogen and oxygen atoms in total. The zero-order chi connectivity index (χ0) is 26.8. The third-order valence-electron chi connectivity index (χ3n) is 4.82. The maximum Gasteiger partial charge on any atom is 0.419 e. The molecule has 3 aromatic rings. The third kappa shape index (κ3) is 7.75. The van der Waals surface area contributed by atoms with Crippen LogP contribution in [0.5, 0.6) is 17.2 Å². The van der Waals surface area contributed by atoms with Crippen molar-refractivity contribution in [3.63, 3.8) is 0 Å². The van der Waals surface area contributed by atoms with E-state index < -0.39 is 34.8 Å². The zero-order valence-corrected chi connectivity index (χ0v) is 20.0. The number of halogens is 4. The molecule has 37 heavy (non-hydrogen) atoms. The Morgan fingerprint density at radius 1 is 1.03 bits per heavy atom. The molecule has 0 atom stereocenters. The average molecular weight is 525 g/mol. The van der Waals surface area contributed by atoms with Crippen molar-refractivity contribution in [1.82, 2.24) is 10.4 Å². The van der Waals surface area contributed by atoms with Crippen LogP contribution in [-0.2, 0) is 10.9 Å². The van der Waals surface area contributed by atoms with Crippen LogP contribution in [-0.4, -0.2) is 51.5 Å². The van der Waals surface area contributed by atoms with Crippen LogP contribution >= 0.6 is 0 Å². The van der Waals surface area contributed by atoms with E-state index in [1.165, 1.54) is 37.7 Å². The summed E-state index contributed by atoms with van der Waals surface area (Å²) in [5.41, 5.74) is -2.43. The predicted octanol–water partition coefficient (Wildman–Crippen LogP) is 3.24. The molecule has 1 aromatic heterocycles. The monoisotopic (exact) mass is 525 g/mol. The van der Waals surface area contributed by atoms with Gasteiger partial charge in [0.1, 0.15) is 40.5 Å². The summed E-state index contributed by atoms with van der Waals surface area (Å²) in [4.78, 5) is 18.8. The Hall–Kier alpha value is -3.97. The lowest BCUT2D eigenvalue weighted by Gasteiger charge is -2.16. The second-order valence-electron chi connectivity index (χ2n) is 7.39. The molecule has 2 N–H and O–H groups in total. The zero-order valence-electron chi connectivity index (χ0n) is 20.0. The van der Waals surface area contributed by atoms with E-state index in [-0.39, 0.29) is 11.4 Å². The molecular formula is C24H25F4N4O5+. The molecule has 1 amide bonds. The topological polar surface area (TPSA) is 94.8 Å². The second kappa shape index (κ2) is 12.8. The van der Waals surface area contributed by atoms with E-state index in [0.29, 0.717) is 38.2 Å². The highest BCUT2D eigenvalue weighted by atomic mass is 19.4. The quantitative estimate of drug-likeness (QED) is 0.213. The van der Waals surface area contributed by atoms with Crippen molar-refractivity contribution >= 4 is 11.6 Å². The molecule has 0 unspecified atom stereocenters. The van der Waals surface area contributed by atoms with Crippen LogP contribution in [0.2, 0.25) is 0 Å². The Labute approximate surface area is 209 Å². The Balaban J connectivity index is 1.78. The van der Waals surface area contributed by atoms with Crippen molar-refractivity contribution < 1.29 is 46.2 Å². The van der Waals surface area contributed by atoms with E-state index in [0.717, 1.165) is 10.9 Å². The van der Waals surface area contributed by atoms with E-state index in [4.69, 9.17) is 19.0 Å². The summed E-state index contributed by atoms with van der Waals surface area (Å²) < 4.78 is 71.4. The molecule has 3 rings (SSSR count). The van der Waals surface area contributed by atoms with Gasteiger partial charge >= 0.3 is 6.18 Å². The number of carbonyl (C=O) groups excluding carboxylic acids is 1. The van der Waals surface area contributed by atoms with Crippen LogP contribution in [0.1, 0.15) is 15.9 Å². The van der Waals surface area contributed by atoms with Crippen LogP contribution in [0.15, 0.2) is 54.9 Å². The number of rotatable bonds is 12. The van der Waals surface area contributed by atoms with Crippen molar-refractivity contribution in [1.29, 1.82) is 0 Å². The lowest BCUT2D eigenvalue weighted by Crippen LogP contribution is -2.43. The summed E-state index contributed by atoms with van der Waals surface area (Å²) in [6.45, 7) is 1.94. The largest absolute Gasteiger partial charge is 0.491 e. The number of amides is 1. The van der Waals surface area contributed by atoms with Gasteiger partial charge in [-0.25, -0.2) is 9.23 Å². The highest BCUT2D eigenvalue weighted by Crippen LogP contribution is 2.37. The number of ether oxygens (including phenoxy) is 3. The van der Waals surface area contributed by atoms with Crippen LogP contribution < -0.4 is 29.8 Å². The Kier molecular flexibility index (Phi) is 9.57. The van der Waals surface area contributed by atoms with Gasteiger partial charge in [-0.2, -0.15) is 13.2 Å². The summed E-state index contributed by atoms with van der Waals surface area (Å²) in [5, 5.41) is 9.08. The van der Waals surface area contributed by atoms with E-state index in [1.807, 2.05) is 7.05 Å². The van der Waals surface area contributed by atoms with E-state index >= 15 is 0 Å². The molecule has 0 aliphatic carbocycles. The van der Waals surface area contributed by atoms with Crippen LogP contribution in [0, 0.1) is 5.82 Å². The summed E-state index contributed by atoms with van der Waals surface area (Å²) >= 11 is 0. The van der Waals surface area contributed by atoms with Gasteiger partial charge in [-0.15, -0.1) is 0 Å². The maximum atomic E-state index is 15.0. The van der Waals surface area contributed by atoms with E-state index in [2.05, 4.69) is 15.7 Å². The normalized spacial score (nSPS) is 11.2. The highest BCUT2D eigenvalue weighted by molar-refractivity contribution is 6.06. The average Bonchev–Trinajstić information content (AvgIpc) is 2.87. The SMILES string of the molecule is CNCCOCCOc1ccc(Oc2ccc(C(F)(F)F)c(F)c2C(=O)Nc2cc[n+](OC)nc2)cc1. The molecule has 0 spiro atoms. The van der Waals surface area contributed by atoms with Crippen LogP contribution in [0.3, 0.4) is 0 Å². The van der Waals surface area contributed by atoms with Crippen molar-refractivity contribution in [2.45, 2.75) is 6.18 Å². The molecule has 198 valence electrons. The lowest BCUT2D eigenvalue weighted by molar-refractivity contribution is -0.930. The minimum absolute atomic E-state index is 0.0949.